The number of carbonyl (C=O) groups is 1. The Labute approximate surface area is 117 Å². The number of carboxylic acid groups (broad SMARTS) is 1. The van der Waals surface area contributed by atoms with Crippen molar-refractivity contribution in [2.45, 2.75) is 43.9 Å². The van der Waals surface area contributed by atoms with E-state index in [0.717, 1.165) is 11.3 Å². The quantitative estimate of drug-likeness (QED) is 0.808. The van der Waals surface area contributed by atoms with Crippen molar-refractivity contribution in [2.24, 2.45) is 5.92 Å². The van der Waals surface area contributed by atoms with E-state index < -0.39 is 22.0 Å². The lowest BCUT2D eigenvalue weighted by Gasteiger charge is -2.15. The molecule has 0 aliphatic heterocycles. The zero-order valence-corrected chi connectivity index (χ0v) is 12.8. The van der Waals surface area contributed by atoms with Crippen LogP contribution >= 0.6 is 11.3 Å². The summed E-state index contributed by atoms with van der Waals surface area (Å²) in [6, 6.07) is 2.18. The van der Waals surface area contributed by atoms with Crippen LogP contribution in [0.1, 0.15) is 32.1 Å². The molecule has 0 saturated carbocycles. The lowest BCUT2D eigenvalue weighted by Crippen LogP contribution is -2.41. The van der Waals surface area contributed by atoms with Gasteiger partial charge in [0.2, 0.25) is 0 Å². The van der Waals surface area contributed by atoms with Gasteiger partial charge in [0.25, 0.3) is 10.0 Å². The minimum Gasteiger partial charge on any atom is -0.480 e. The fourth-order valence-electron chi connectivity index (χ4n) is 1.61. The number of sulfonamides is 1. The van der Waals surface area contributed by atoms with Crippen molar-refractivity contribution < 1.29 is 18.3 Å². The SMILES string of the molecule is CCc1ccc(S(=O)(=O)N[C@@H](CC(C)C)C(=O)O)s1. The van der Waals surface area contributed by atoms with Crippen molar-refractivity contribution in [1.29, 1.82) is 0 Å². The average molecular weight is 305 g/mol. The van der Waals surface area contributed by atoms with E-state index in [1.807, 2.05) is 20.8 Å². The molecule has 19 heavy (non-hydrogen) atoms. The van der Waals surface area contributed by atoms with Gasteiger partial charge in [-0.15, -0.1) is 11.3 Å². The fraction of sp³-hybridized carbons (Fsp3) is 0.583. The first-order valence-electron chi connectivity index (χ1n) is 6.10. The Kier molecular flexibility index (Phi) is 5.51. The predicted octanol–water partition coefficient (Wildman–Crippen LogP) is 2.09. The van der Waals surface area contributed by atoms with E-state index in [9.17, 15) is 13.2 Å². The van der Waals surface area contributed by atoms with Crippen molar-refractivity contribution >= 4 is 27.3 Å². The van der Waals surface area contributed by atoms with E-state index in [2.05, 4.69) is 4.72 Å². The molecule has 0 unspecified atom stereocenters. The van der Waals surface area contributed by atoms with Crippen LogP contribution in [0.25, 0.3) is 0 Å². The van der Waals surface area contributed by atoms with Gasteiger partial charge in [0.15, 0.2) is 0 Å². The normalized spacial score (nSPS) is 13.7. The van der Waals surface area contributed by atoms with Crippen LogP contribution < -0.4 is 4.72 Å². The Morgan fingerprint density at radius 2 is 2.05 bits per heavy atom. The van der Waals surface area contributed by atoms with Crippen LogP contribution in [0.2, 0.25) is 0 Å². The van der Waals surface area contributed by atoms with Gasteiger partial charge in [-0.2, -0.15) is 4.72 Å². The molecule has 0 radical (unpaired) electrons. The average Bonchev–Trinajstić information content (AvgIpc) is 2.76. The highest BCUT2D eigenvalue weighted by Gasteiger charge is 2.26. The number of aryl methyl sites for hydroxylation is 1. The van der Waals surface area contributed by atoms with E-state index >= 15 is 0 Å². The third-order valence-corrected chi connectivity index (χ3v) is 5.75. The van der Waals surface area contributed by atoms with Crippen molar-refractivity contribution in [3.8, 4) is 0 Å². The second kappa shape index (κ2) is 6.49. The highest BCUT2D eigenvalue weighted by molar-refractivity contribution is 7.91. The summed E-state index contributed by atoms with van der Waals surface area (Å²) in [6.45, 7) is 5.64. The van der Waals surface area contributed by atoms with Gasteiger partial charge in [-0.3, -0.25) is 4.79 Å². The summed E-state index contributed by atoms with van der Waals surface area (Å²) in [7, 11) is -3.75. The van der Waals surface area contributed by atoms with E-state index in [1.165, 1.54) is 17.4 Å². The molecule has 0 spiro atoms. The largest absolute Gasteiger partial charge is 0.480 e. The number of aliphatic carboxylic acids is 1. The number of carboxylic acids is 1. The Bertz CT molecular complexity index is 534. The van der Waals surface area contributed by atoms with Crippen molar-refractivity contribution in [1.82, 2.24) is 4.72 Å². The molecule has 0 fully saturated rings. The molecular weight excluding hydrogens is 286 g/mol. The standard InChI is InChI=1S/C12H19NO4S2/c1-4-9-5-6-11(18-9)19(16,17)13-10(12(14)15)7-8(2)3/h5-6,8,10,13H,4,7H2,1-3H3,(H,14,15)/t10-/m0/s1. The van der Waals surface area contributed by atoms with Crippen LogP contribution in [-0.2, 0) is 21.2 Å². The number of hydrogen-bond acceptors (Lipinski definition) is 4. The first-order valence-corrected chi connectivity index (χ1v) is 8.40. The van der Waals surface area contributed by atoms with Gasteiger partial charge in [0.1, 0.15) is 10.3 Å². The van der Waals surface area contributed by atoms with Crippen LogP contribution in [0.4, 0.5) is 0 Å². The van der Waals surface area contributed by atoms with E-state index in [1.54, 1.807) is 6.07 Å². The summed E-state index contributed by atoms with van der Waals surface area (Å²) < 4.78 is 26.6. The molecule has 1 rings (SSSR count). The highest BCUT2D eigenvalue weighted by Crippen LogP contribution is 2.22. The zero-order chi connectivity index (χ0) is 14.6. The van der Waals surface area contributed by atoms with Gasteiger partial charge < -0.3 is 5.11 Å². The Hall–Kier alpha value is -0.920. The van der Waals surface area contributed by atoms with Crippen LogP contribution in [0.15, 0.2) is 16.3 Å². The molecular formula is C12H19NO4S2. The molecule has 1 atom stereocenters. The second-order valence-corrected chi connectivity index (χ2v) is 7.83. The lowest BCUT2D eigenvalue weighted by molar-refractivity contribution is -0.139. The van der Waals surface area contributed by atoms with Crippen molar-refractivity contribution in [2.75, 3.05) is 0 Å². The number of thiophene rings is 1. The van der Waals surface area contributed by atoms with Gasteiger partial charge in [-0.25, -0.2) is 8.42 Å². The van der Waals surface area contributed by atoms with E-state index in [0.29, 0.717) is 0 Å². The molecule has 0 aromatic carbocycles. The minimum absolute atomic E-state index is 0.0957. The molecule has 0 aliphatic rings. The molecule has 1 aromatic heterocycles. The Morgan fingerprint density at radius 1 is 1.42 bits per heavy atom. The maximum atomic E-state index is 12.1. The summed E-state index contributed by atoms with van der Waals surface area (Å²) in [5.74, 6) is -1.05. The topological polar surface area (TPSA) is 83.5 Å². The second-order valence-electron chi connectivity index (χ2n) is 4.72. The molecule has 0 aliphatic carbocycles. The summed E-state index contributed by atoms with van der Waals surface area (Å²) in [6.07, 6.45) is 1.02. The van der Waals surface area contributed by atoms with Gasteiger partial charge in [-0.1, -0.05) is 20.8 Å². The smallest absolute Gasteiger partial charge is 0.321 e. The van der Waals surface area contributed by atoms with Gasteiger partial charge in [0, 0.05) is 4.88 Å². The fourth-order valence-corrected chi connectivity index (χ4v) is 4.12. The summed E-state index contributed by atoms with van der Waals surface area (Å²) >= 11 is 1.17. The summed E-state index contributed by atoms with van der Waals surface area (Å²) in [5.41, 5.74) is 0. The van der Waals surface area contributed by atoms with E-state index in [-0.39, 0.29) is 16.5 Å². The molecule has 1 aromatic rings. The molecule has 0 amide bonds. The number of rotatable bonds is 7. The zero-order valence-electron chi connectivity index (χ0n) is 11.2. The van der Waals surface area contributed by atoms with Crippen LogP contribution in [-0.4, -0.2) is 25.5 Å². The molecule has 0 saturated heterocycles. The number of nitrogens with one attached hydrogen (secondary N) is 1. The Morgan fingerprint density at radius 3 is 2.47 bits per heavy atom. The number of hydrogen-bond donors (Lipinski definition) is 2. The maximum Gasteiger partial charge on any atom is 0.321 e. The summed E-state index contributed by atoms with van der Waals surface area (Å²) in [5, 5.41) is 9.06. The van der Waals surface area contributed by atoms with Gasteiger partial charge in [-0.05, 0) is 30.9 Å². The first-order chi connectivity index (χ1) is 8.76. The molecule has 108 valence electrons. The van der Waals surface area contributed by atoms with Crippen LogP contribution in [0.3, 0.4) is 0 Å². The molecule has 7 heteroatoms. The van der Waals surface area contributed by atoms with Crippen LogP contribution in [0.5, 0.6) is 0 Å². The van der Waals surface area contributed by atoms with Gasteiger partial charge >= 0.3 is 5.97 Å². The highest BCUT2D eigenvalue weighted by atomic mass is 32.2. The lowest BCUT2D eigenvalue weighted by atomic mass is 10.1. The third kappa shape index (κ3) is 4.59. The van der Waals surface area contributed by atoms with Crippen molar-refractivity contribution in [3.05, 3.63) is 17.0 Å². The molecule has 0 bridgehead atoms. The Balaban J connectivity index is 2.90. The predicted molar refractivity (Wildman–Crippen MR) is 74.9 cm³/mol. The summed E-state index contributed by atoms with van der Waals surface area (Å²) in [4.78, 5) is 12.0. The third-order valence-electron chi connectivity index (χ3n) is 2.55. The minimum atomic E-state index is -3.75. The monoisotopic (exact) mass is 305 g/mol. The van der Waals surface area contributed by atoms with Crippen molar-refractivity contribution in [3.63, 3.8) is 0 Å². The molecule has 2 N–H and O–H groups in total. The van der Waals surface area contributed by atoms with Crippen LogP contribution in [0, 0.1) is 5.92 Å². The van der Waals surface area contributed by atoms with E-state index in [4.69, 9.17) is 5.11 Å². The van der Waals surface area contributed by atoms with Gasteiger partial charge in [0.05, 0.1) is 0 Å². The molecule has 1 heterocycles. The first kappa shape index (κ1) is 16.1. The molecule has 5 nitrogen and oxygen atoms in total. The maximum absolute atomic E-state index is 12.1.